The number of nitrogen functional groups attached to an aromatic ring is 1. The van der Waals surface area contributed by atoms with Gasteiger partial charge in [-0.3, -0.25) is 14.9 Å². The minimum absolute atomic E-state index is 0.00146. The van der Waals surface area contributed by atoms with E-state index in [9.17, 15) is 14.9 Å². The highest BCUT2D eigenvalue weighted by Gasteiger charge is 2.22. The van der Waals surface area contributed by atoms with Crippen molar-refractivity contribution in [3.8, 4) is 5.82 Å². The Bertz CT molecular complexity index is 1010. The normalized spacial score (nSPS) is 11.0. The number of hydrogen-bond acceptors (Lipinski definition) is 10. The lowest BCUT2D eigenvalue weighted by Crippen LogP contribution is -2.23. The van der Waals surface area contributed by atoms with Crippen molar-refractivity contribution in [3.05, 3.63) is 51.3 Å². The van der Waals surface area contributed by atoms with Crippen molar-refractivity contribution in [1.29, 1.82) is 0 Å². The van der Waals surface area contributed by atoms with Crippen LogP contribution in [0.5, 0.6) is 0 Å². The lowest BCUT2D eigenvalue weighted by atomic mass is 10.2. The standard InChI is InChI=1S/C13H11N9O4/c1-7-10(21(20-16-7)12-11(14)18-26-19-12)13(23)17-15-6-8-4-2-3-5-9(8)22(24)25/h2-6H,1H3,(H2,14,18)(H,17,23)/b15-6-. The number of nitro benzene ring substituents is 1. The summed E-state index contributed by atoms with van der Waals surface area (Å²) in [6.07, 6.45) is 1.16. The van der Waals surface area contributed by atoms with Crippen LogP contribution in [-0.2, 0) is 0 Å². The van der Waals surface area contributed by atoms with Gasteiger partial charge in [0.05, 0.1) is 22.4 Å². The molecule has 3 N–H and O–H groups in total. The number of nitro groups is 1. The molecule has 0 aliphatic rings. The maximum Gasteiger partial charge on any atom is 0.292 e. The summed E-state index contributed by atoms with van der Waals surface area (Å²) in [6, 6.07) is 5.96. The summed E-state index contributed by atoms with van der Waals surface area (Å²) >= 11 is 0. The number of nitrogens with two attached hydrogens (primary N) is 1. The quantitative estimate of drug-likeness (QED) is 0.366. The number of rotatable bonds is 5. The van der Waals surface area contributed by atoms with E-state index in [1.54, 1.807) is 13.0 Å². The van der Waals surface area contributed by atoms with Crippen LogP contribution >= 0.6 is 0 Å². The lowest BCUT2D eigenvalue weighted by Gasteiger charge is -2.02. The number of benzene rings is 1. The molecule has 26 heavy (non-hydrogen) atoms. The smallest absolute Gasteiger partial charge is 0.292 e. The topological polar surface area (TPSA) is 180 Å². The molecule has 13 nitrogen and oxygen atoms in total. The molecule has 132 valence electrons. The van der Waals surface area contributed by atoms with Crippen molar-refractivity contribution in [2.45, 2.75) is 6.92 Å². The molecule has 0 unspecified atom stereocenters. The molecule has 0 radical (unpaired) electrons. The number of amides is 1. The van der Waals surface area contributed by atoms with Crippen LogP contribution in [0.4, 0.5) is 11.5 Å². The number of para-hydroxylation sites is 1. The zero-order valence-electron chi connectivity index (χ0n) is 13.2. The predicted molar refractivity (Wildman–Crippen MR) is 86.5 cm³/mol. The summed E-state index contributed by atoms with van der Waals surface area (Å²) < 4.78 is 5.53. The van der Waals surface area contributed by atoms with E-state index < -0.39 is 10.8 Å². The fourth-order valence-corrected chi connectivity index (χ4v) is 2.08. The van der Waals surface area contributed by atoms with E-state index in [1.807, 2.05) is 0 Å². The number of nitrogens with zero attached hydrogens (tertiary/aromatic N) is 7. The Morgan fingerprint density at radius 2 is 2.19 bits per heavy atom. The Balaban J connectivity index is 1.83. The van der Waals surface area contributed by atoms with E-state index in [4.69, 9.17) is 5.73 Å². The third-order valence-corrected chi connectivity index (χ3v) is 3.25. The van der Waals surface area contributed by atoms with E-state index in [-0.39, 0.29) is 34.3 Å². The average molecular weight is 357 g/mol. The van der Waals surface area contributed by atoms with E-state index in [0.717, 1.165) is 10.9 Å². The molecule has 0 aliphatic carbocycles. The second kappa shape index (κ2) is 6.76. The highest BCUT2D eigenvalue weighted by atomic mass is 16.6. The molecule has 1 amide bonds. The van der Waals surface area contributed by atoms with Gasteiger partial charge in [-0.1, -0.05) is 17.3 Å². The van der Waals surface area contributed by atoms with Crippen LogP contribution in [0.2, 0.25) is 0 Å². The van der Waals surface area contributed by atoms with E-state index >= 15 is 0 Å². The number of aromatic nitrogens is 5. The largest absolute Gasteiger partial charge is 0.378 e. The van der Waals surface area contributed by atoms with Crippen LogP contribution in [0, 0.1) is 17.0 Å². The molecule has 13 heteroatoms. The molecule has 0 bridgehead atoms. The van der Waals surface area contributed by atoms with Crippen LogP contribution in [0.3, 0.4) is 0 Å². The SMILES string of the molecule is Cc1nnn(-c2nonc2N)c1C(=O)N/N=C\c1ccccc1[N+](=O)[O-]. The fraction of sp³-hybridized carbons (Fsp3) is 0.0769. The first-order chi connectivity index (χ1) is 12.5. The van der Waals surface area contributed by atoms with E-state index in [0.29, 0.717) is 0 Å². The van der Waals surface area contributed by atoms with Gasteiger partial charge in [0.1, 0.15) is 0 Å². The molecule has 3 rings (SSSR count). The number of carbonyl (C=O) groups excluding carboxylic acids is 1. The van der Waals surface area contributed by atoms with Crippen LogP contribution in [0.1, 0.15) is 21.7 Å². The lowest BCUT2D eigenvalue weighted by molar-refractivity contribution is -0.385. The molecule has 0 saturated carbocycles. The van der Waals surface area contributed by atoms with Gasteiger partial charge in [-0.15, -0.1) is 5.10 Å². The summed E-state index contributed by atoms with van der Waals surface area (Å²) in [5.41, 5.74) is 8.21. The van der Waals surface area contributed by atoms with Gasteiger partial charge >= 0.3 is 0 Å². The molecule has 3 aromatic rings. The number of hydrogen-bond donors (Lipinski definition) is 2. The van der Waals surface area contributed by atoms with Crippen molar-refractivity contribution in [2.75, 3.05) is 5.73 Å². The Hall–Kier alpha value is -4.16. The number of nitrogens with one attached hydrogen (secondary N) is 1. The summed E-state index contributed by atoms with van der Waals surface area (Å²) in [5.74, 6) is -0.754. The monoisotopic (exact) mass is 357 g/mol. The Kier molecular flexibility index (Phi) is 4.34. The van der Waals surface area contributed by atoms with Gasteiger partial charge in [0, 0.05) is 6.07 Å². The number of anilines is 1. The molecule has 0 saturated heterocycles. The van der Waals surface area contributed by atoms with Crippen molar-refractivity contribution < 1.29 is 14.3 Å². The van der Waals surface area contributed by atoms with Crippen LogP contribution < -0.4 is 11.2 Å². The molecular formula is C13H11N9O4. The fourth-order valence-electron chi connectivity index (χ4n) is 2.08. The minimum Gasteiger partial charge on any atom is -0.378 e. The summed E-state index contributed by atoms with van der Waals surface area (Å²) in [6.45, 7) is 1.55. The zero-order chi connectivity index (χ0) is 18.7. The minimum atomic E-state index is -0.676. The molecule has 0 aliphatic heterocycles. The summed E-state index contributed by atoms with van der Waals surface area (Å²) in [4.78, 5) is 22.8. The van der Waals surface area contributed by atoms with Gasteiger partial charge in [-0.05, 0) is 23.3 Å². The number of hydrazone groups is 1. The van der Waals surface area contributed by atoms with Gasteiger partial charge in [0.2, 0.25) is 11.6 Å². The highest BCUT2D eigenvalue weighted by Crippen LogP contribution is 2.16. The molecule has 2 heterocycles. The first-order valence-electron chi connectivity index (χ1n) is 7.06. The van der Waals surface area contributed by atoms with Gasteiger partial charge < -0.3 is 5.73 Å². The van der Waals surface area contributed by atoms with E-state index in [2.05, 4.69) is 35.8 Å². The molecular weight excluding hydrogens is 346 g/mol. The highest BCUT2D eigenvalue weighted by molar-refractivity contribution is 5.95. The van der Waals surface area contributed by atoms with Gasteiger partial charge in [0.15, 0.2) is 5.69 Å². The Morgan fingerprint density at radius 3 is 2.88 bits per heavy atom. The van der Waals surface area contributed by atoms with Gasteiger partial charge in [-0.2, -0.15) is 9.78 Å². The number of aryl methyl sites for hydroxylation is 1. The first kappa shape index (κ1) is 16.7. The molecule has 0 spiro atoms. The summed E-state index contributed by atoms with van der Waals surface area (Å²) in [7, 11) is 0. The van der Waals surface area contributed by atoms with Crippen LogP contribution in [0.15, 0.2) is 34.0 Å². The zero-order valence-corrected chi connectivity index (χ0v) is 13.2. The molecule has 0 fully saturated rings. The van der Waals surface area contributed by atoms with Crippen molar-refractivity contribution >= 4 is 23.6 Å². The summed E-state index contributed by atoms with van der Waals surface area (Å²) in [5, 5.41) is 29.2. The maximum atomic E-state index is 12.4. The van der Waals surface area contributed by atoms with Gasteiger partial charge in [-0.25, -0.2) is 10.1 Å². The second-order valence-corrected chi connectivity index (χ2v) is 4.92. The van der Waals surface area contributed by atoms with Crippen LogP contribution in [0.25, 0.3) is 5.82 Å². The van der Waals surface area contributed by atoms with Crippen molar-refractivity contribution in [3.63, 3.8) is 0 Å². The van der Waals surface area contributed by atoms with Crippen LogP contribution in [-0.4, -0.2) is 42.4 Å². The van der Waals surface area contributed by atoms with Gasteiger partial charge in [0.25, 0.3) is 11.6 Å². The van der Waals surface area contributed by atoms with E-state index in [1.165, 1.54) is 18.2 Å². The van der Waals surface area contributed by atoms with Crippen molar-refractivity contribution in [1.82, 2.24) is 30.7 Å². The number of carbonyl (C=O) groups is 1. The first-order valence-corrected chi connectivity index (χ1v) is 7.06. The van der Waals surface area contributed by atoms with Crippen molar-refractivity contribution in [2.24, 2.45) is 5.10 Å². The second-order valence-electron chi connectivity index (χ2n) is 4.92. The molecule has 0 atom stereocenters. The predicted octanol–water partition coefficient (Wildman–Crippen LogP) is 0.213. The molecule has 1 aromatic carbocycles. The Morgan fingerprint density at radius 1 is 1.42 bits per heavy atom. The molecule has 2 aromatic heterocycles. The maximum absolute atomic E-state index is 12.4. The third-order valence-electron chi connectivity index (χ3n) is 3.25. The Labute approximate surface area is 144 Å². The third kappa shape index (κ3) is 3.08. The average Bonchev–Trinajstić information content (AvgIpc) is 3.20.